The molecule has 0 unspecified atom stereocenters. The normalized spacial score (nSPS) is 12.4. The molecule has 0 radical (unpaired) electrons. The van der Waals surface area contributed by atoms with Gasteiger partial charge in [-0.05, 0) is 72.8 Å². The molecule has 0 aliphatic rings. The Kier molecular flexibility index (Phi) is 10.1. The minimum atomic E-state index is -0.651. The first-order valence-corrected chi connectivity index (χ1v) is 31.5. The molecule has 0 fully saturated rings. The van der Waals surface area contributed by atoms with E-state index in [1.165, 1.54) is 0 Å². The lowest BCUT2D eigenvalue weighted by Gasteiger charge is -2.23. The van der Waals surface area contributed by atoms with Crippen molar-refractivity contribution in [2.75, 3.05) is 0 Å². The van der Waals surface area contributed by atoms with E-state index in [4.69, 9.17) is 4.42 Å². The molecule has 0 saturated carbocycles. The highest BCUT2D eigenvalue weighted by molar-refractivity contribution is 6.23. The number of hydrogen-bond acceptors (Lipinski definition) is 1. The second kappa shape index (κ2) is 18.6. The van der Waals surface area contributed by atoms with Crippen molar-refractivity contribution in [3.8, 4) is 34.1 Å². The number of fused-ring (bicyclic) bond motifs is 21. The van der Waals surface area contributed by atoms with Gasteiger partial charge in [-0.3, -0.25) is 0 Å². The van der Waals surface area contributed by atoms with Gasteiger partial charge in [0.15, 0.2) is 22.8 Å². The molecule has 9 heteroatoms. The van der Waals surface area contributed by atoms with Gasteiger partial charge in [0.2, 0.25) is 0 Å². The van der Waals surface area contributed by atoms with Crippen LogP contribution in [-0.4, -0.2) is 27.4 Å². The first kappa shape index (κ1) is 50.4. The summed E-state index contributed by atoms with van der Waals surface area (Å²) in [4.78, 5) is 0. The van der Waals surface area contributed by atoms with Crippen LogP contribution in [0.3, 0.4) is 0 Å². The van der Waals surface area contributed by atoms with Crippen molar-refractivity contribution in [2.45, 2.75) is 0 Å². The lowest BCUT2D eigenvalue weighted by atomic mass is 10.0. The number of furan rings is 1. The highest BCUT2D eigenvalue weighted by Crippen LogP contribution is 2.54. The van der Waals surface area contributed by atoms with E-state index >= 15 is 8.78 Å². The summed E-state index contributed by atoms with van der Waals surface area (Å²) in [5.41, 5.74) is 12.9. The molecular weight excluding hydrogens is 1150 g/mol. The van der Waals surface area contributed by atoms with Gasteiger partial charge in [0.1, 0.15) is 34.1 Å². The van der Waals surface area contributed by atoms with Gasteiger partial charge < -0.3 is 31.8 Å². The molecule has 21 aromatic rings. The Morgan fingerprint density at radius 2 is 0.312 bits per heavy atom. The number of rotatable bonds is 6. The minimum absolute atomic E-state index is 0.00134. The molecule has 0 aliphatic carbocycles. The van der Waals surface area contributed by atoms with Crippen molar-refractivity contribution in [1.29, 1.82) is 0 Å². The maximum atomic E-state index is 21.4. The summed E-state index contributed by atoms with van der Waals surface area (Å²) in [6.45, 7) is 0. The molecule has 0 bridgehead atoms. The van der Waals surface area contributed by atoms with E-state index in [0.29, 0.717) is 22.7 Å². The van der Waals surface area contributed by atoms with Crippen LogP contribution in [0.4, 0.5) is 8.78 Å². The smallest absolute Gasteiger partial charge is 0.164 e. The fourth-order valence-electron chi connectivity index (χ4n) is 16.3. The van der Waals surface area contributed by atoms with Gasteiger partial charge in [0.25, 0.3) is 0 Å². The topological polar surface area (TPSA) is 42.7 Å². The van der Waals surface area contributed by atoms with Crippen LogP contribution in [0, 0.1) is 11.6 Å². The van der Waals surface area contributed by atoms with Crippen molar-refractivity contribution in [2.24, 2.45) is 0 Å². The van der Waals surface area contributed by atoms with E-state index in [0.717, 1.165) is 131 Å². The van der Waals surface area contributed by atoms with Crippen LogP contribution < -0.4 is 0 Å². The van der Waals surface area contributed by atoms with Crippen molar-refractivity contribution >= 4 is 153 Å². The van der Waals surface area contributed by atoms with Crippen LogP contribution in [0.1, 0.15) is 0 Å². The van der Waals surface area contributed by atoms with E-state index in [-0.39, 0.29) is 33.3 Å². The Hall–Kier alpha value is -12.5. The number of aromatic nitrogens is 6. The standard InChI is InChI=1S/C84H48F2N6O/c85-75-73-74-76(86)78(88-63-39-15-3-27-51(63)52-28-4-16-40-64(52)88)80(90-67-43-19-7-31-55(67)56-32-8-20-44-68(56)90)82(92-71-47-23-11-35-59(71)60-36-12-24-48-72(60)92)84(74)93-83(73)81(91-69-45-21-9-33-57(69)58-34-10-22-46-70(58)91)79(89-65-41-17-5-29-53(65)54-30-6-18-42-66(54)89)77(75)87-61-37-13-1-25-49(61)50-26-2-14-38-62(50)87/h1-48H. The van der Waals surface area contributed by atoms with E-state index in [9.17, 15) is 0 Å². The third-order valence-electron chi connectivity index (χ3n) is 19.9. The first-order valence-electron chi connectivity index (χ1n) is 31.5. The summed E-state index contributed by atoms with van der Waals surface area (Å²) >= 11 is 0. The molecule has 0 saturated heterocycles. The maximum Gasteiger partial charge on any atom is 0.164 e. The Morgan fingerprint density at radius 3 is 0.484 bits per heavy atom. The first-order chi connectivity index (χ1) is 46.1. The summed E-state index contributed by atoms with van der Waals surface area (Å²) in [5.74, 6) is -1.30. The summed E-state index contributed by atoms with van der Waals surface area (Å²) < 4.78 is 64.1. The zero-order valence-corrected chi connectivity index (χ0v) is 49.6. The van der Waals surface area contributed by atoms with E-state index < -0.39 is 11.6 Å². The predicted octanol–water partition coefficient (Wildman–Crippen LogP) is 22.4. The van der Waals surface area contributed by atoms with Gasteiger partial charge in [-0.15, -0.1) is 0 Å². The number of benzene rings is 14. The molecule has 93 heavy (non-hydrogen) atoms. The quantitative estimate of drug-likeness (QED) is 0.164. The lowest BCUT2D eigenvalue weighted by molar-refractivity contribution is 0.624. The highest BCUT2D eigenvalue weighted by atomic mass is 19.1. The van der Waals surface area contributed by atoms with Gasteiger partial charge in [-0.2, -0.15) is 0 Å². The van der Waals surface area contributed by atoms with Gasteiger partial charge in [0.05, 0.1) is 77.0 Å². The third kappa shape index (κ3) is 6.49. The molecule has 0 amide bonds. The van der Waals surface area contributed by atoms with Crippen LogP contribution in [0.25, 0.3) is 187 Å². The predicted molar refractivity (Wildman–Crippen MR) is 380 cm³/mol. The second-order valence-electron chi connectivity index (χ2n) is 24.4. The maximum absolute atomic E-state index is 21.4. The minimum Gasteiger partial charge on any atom is -0.451 e. The van der Waals surface area contributed by atoms with E-state index in [1.54, 1.807) is 0 Å². The van der Waals surface area contributed by atoms with Crippen molar-refractivity contribution in [3.63, 3.8) is 0 Å². The summed E-state index contributed by atoms with van der Waals surface area (Å²) in [5, 5.41) is 11.7. The van der Waals surface area contributed by atoms with Gasteiger partial charge >= 0.3 is 0 Å². The molecule has 0 aliphatic heterocycles. The number of para-hydroxylation sites is 12. The summed E-state index contributed by atoms with van der Waals surface area (Å²) in [7, 11) is 0. The average molecular weight is 1200 g/mol. The third-order valence-corrected chi connectivity index (χ3v) is 19.9. The Balaban J connectivity index is 1.11. The van der Waals surface area contributed by atoms with Crippen LogP contribution in [0.2, 0.25) is 0 Å². The van der Waals surface area contributed by atoms with Crippen molar-refractivity contribution in [1.82, 2.24) is 27.4 Å². The SMILES string of the molecule is Fc1c(-n2c3ccccc3c3ccccc32)c(-n2c3ccccc3c3ccccc32)c(-n2c3ccccc3c3ccccc32)c2oc3c(-n4c5ccccc5c5ccccc54)c(-n4c5ccccc5c5ccccc54)c(-n4c5ccccc5c5ccccc54)c(F)c3c12. The molecule has 0 spiro atoms. The van der Waals surface area contributed by atoms with Gasteiger partial charge in [-0.25, -0.2) is 8.78 Å². The summed E-state index contributed by atoms with van der Waals surface area (Å²) in [6, 6.07) is 100. The fraction of sp³-hybridized carbons (Fsp3) is 0. The molecular formula is C84H48F2N6O. The average Bonchev–Trinajstić information content (AvgIpc) is 1.54. The summed E-state index contributed by atoms with van der Waals surface area (Å²) in [6.07, 6.45) is 0. The molecule has 21 rings (SSSR count). The lowest BCUT2D eigenvalue weighted by Crippen LogP contribution is -2.13. The van der Waals surface area contributed by atoms with Crippen LogP contribution in [-0.2, 0) is 0 Å². The van der Waals surface area contributed by atoms with Crippen molar-refractivity contribution in [3.05, 3.63) is 303 Å². The largest absolute Gasteiger partial charge is 0.451 e. The highest BCUT2D eigenvalue weighted by Gasteiger charge is 2.39. The monoisotopic (exact) mass is 1190 g/mol. The van der Waals surface area contributed by atoms with E-state index in [2.05, 4.69) is 246 Å². The van der Waals surface area contributed by atoms with E-state index in [1.807, 2.05) is 72.8 Å². The van der Waals surface area contributed by atoms with Crippen molar-refractivity contribution < 1.29 is 13.2 Å². The Labute approximate surface area is 527 Å². The Morgan fingerprint density at radius 1 is 0.172 bits per heavy atom. The number of nitrogens with zero attached hydrogens (tertiary/aromatic N) is 6. The van der Waals surface area contributed by atoms with Crippen LogP contribution in [0.15, 0.2) is 296 Å². The van der Waals surface area contributed by atoms with Gasteiger partial charge in [0, 0.05) is 64.6 Å². The molecule has 0 N–H and O–H groups in total. The fourth-order valence-corrected chi connectivity index (χ4v) is 16.3. The molecule has 7 aromatic heterocycles. The van der Waals surface area contributed by atoms with Gasteiger partial charge in [-0.1, -0.05) is 218 Å². The number of hydrogen-bond donors (Lipinski definition) is 0. The Bertz CT molecular complexity index is 6130. The molecule has 14 aromatic carbocycles. The van der Waals surface area contributed by atoms with Crippen LogP contribution >= 0.6 is 0 Å². The molecule has 0 atom stereocenters. The zero-order valence-electron chi connectivity index (χ0n) is 49.6. The number of halogens is 2. The zero-order chi connectivity index (χ0) is 60.9. The molecule has 7 heterocycles. The molecule has 7 nitrogen and oxygen atoms in total. The molecule has 434 valence electrons. The van der Waals surface area contributed by atoms with Crippen LogP contribution in [0.5, 0.6) is 0 Å². The second-order valence-corrected chi connectivity index (χ2v) is 24.4.